The number of amides is 1. The molecular weight excluding hydrogens is 154 g/mol. The van der Waals surface area contributed by atoms with Gasteiger partial charge in [0.05, 0.1) is 5.66 Å². The second-order valence-corrected chi connectivity index (χ2v) is 2.90. The molecule has 4 heteroatoms. The van der Waals surface area contributed by atoms with Crippen LogP contribution in [0.15, 0.2) is 0 Å². The zero-order chi connectivity index (χ0) is 9.61. The van der Waals surface area contributed by atoms with E-state index in [0.717, 1.165) is 0 Å². The van der Waals surface area contributed by atoms with Gasteiger partial charge in [0.15, 0.2) is 0 Å². The first-order chi connectivity index (χ1) is 5.48. The van der Waals surface area contributed by atoms with Crippen LogP contribution in [0.4, 0.5) is 0 Å². The van der Waals surface area contributed by atoms with Crippen LogP contribution >= 0.6 is 0 Å². The summed E-state index contributed by atoms with van der Waals surface area (Å²) < 4.78 is 0. The summed E-state index contributed by atoms with van der Waals surface area (Å²) in [7, 11) is 0. The summed E-state index contributed by atoms with van der Waals surface area (Å²) in [5, 5.41) is 0. The lowest BCUT2D eigenvalue weighted by Gasteiger charge is -2.22. The second kappa shape index (κ2) is 4.75. The second-order valence-electron chi connectivity index (χ2n) is 2.90. The summed E-state index contributed by atoms with van der Waals surface area (Å²) in [5.74, 6) is 2.04. The van der Waals surface area contributed by atoms with Crippen LogP contribution in [0.5, 0.6) is 0 Å². The van der Waals surface area contributed by atoms with Crippen LogP contribution in [0.3, 0.4) is 0 Å². The van der Waals surface area contributed by atoms with Crippen molar-refractivity contribution in [2.75, 3.05) is 0 Å². The molecule has 0 spiro atoms. The number of hydrogen-bond acceptors (Lipinski definition) is 3. The van der Waals surface area contributed by atoms with Gasteiger partial charge >= 0.3 is 0 Å². The van der Waals surface area contributed by atoms with Gasteiger partial charge in [0, 0.05) is 12.8 Å². The zero-order valence-electron chi connectivity index (χ0n) is 7.05. The lowest BCUT2D eigenvalue weighted by molar-refractivity contribution is -0.118. The maximum Gasteiger partial charge on any atom is 0.217 e. The average Bonchev–Trinajstić information content (AvgIpc) is 1.98. The Labute approximate surface area is 72.5 Å². The molecule has 0 unspecified atom stereocenters. The van der Waals surface area contributed by atoms with Crippen molar-refractivity contribution in [3.05, 3.63) is 0 Å². The van der Waals surface area contributed by atoms with Crippen molar-refractivity contribution in [3.8, 4) is 12.3 Å². The lowest BCUT2D eigenvalue weighted by atomic mass is 10.00. The van der Waals surface area contributed by atoms with E-state index in [2.05, 4.69) is 5.92 Å². The van der Waals surface area contributed by atoms with E-state index < -0.39 is 11.6 Å². The quantitative estimate of drug-likeness (QED) is 0.374. The summed E-state index contributed by atoms with van der Waals surface area (Å²) in [4.78, 5) is 10.4. The lowest BCUT2D eigenvalue weighted by Crippen LogP contribution is -2.49. The van der Waals surface area contributed by atoms with Gasteiger partial charge in [-0.3, -0.25) is 4.79 Å². The number of nitrogens with two attached hydrogens (primary N) is 3. The third-order valence-corrected chi connectivity index (χ3v) is 1.57. The third kappa shape index (κ3) is 5.71. The normalized spacial score (nSPS) is 10.8. The first-order valence-corrected chi connectivity index (χ1v) is 3.77. The van der Waals surface area contributed by atoms with Crippen LogP contribution < -0.4 is 17.2 Å². The monoisotopic (exact) mass is 169 g/mol. The molecule has 0 saturated carbocycles. The van der Waals surface area contributed by atoms with E-state index in [-0.39, 0.29) is 6.42 Å². The minimum Gasteiger partial charge on any atom is -0.370 e. The molecule has 0 aromatic carbocycles. The van der Waals surface area contributed by atoms with Crippen molar-refractivity contribution in [1.29, 1.82) is 0 Å². The summed E-state index contributed by atoms with van der Waals surface area (Å²) in [5.41, 5.74) is 15.3. The van der Waals surface area contributed by atoms with E-state index >= 15 is 0 Å². The molecule has 12 heavy (non-hydrogen) atoms. The van der Waals surface area contributed by atoms with Gasteiger partial charge < -0.3 is 17.2 Å². The molecule has 0 aliphatic heterocycles. The molecule has 4 nitrogen and oxygen atoms in total. The van der Waals surface area contributed by atoms with E-state index in [4.69, 9.17) is 23.6 Å². The van der Waals surface area contributed by atoms with Gasteiger partial charge in [-0.1, -0.05) is 0 Å². The van der Waals surface area contributed by atoms with Gasteiger partial charge in [0.25, 0.3) is 0 Å². The molecule has 6 N–H and O–H groups in total. The van der Waals surface area contributed by atoms with Crippen LogP contribution in [-0.4, -0.2) is 11.6 Å². The van der Waals surface area contributed by atoms with E-state index in [1.807, 2.05) is 0 Å². The van der Waals surface area contributed by atoms with Crippen molar-refractivity contribution in [3.63, 3.8) is 0 Å². The van der Waals surface area contributed by atoms with Crippen molar-refractivity contribution >= 4 is 5.91 Å². The number of hydrogen-bond donors (Lipinski definition) is 3. The van der Waals surface area contributed by atoms with Crippen LogP contribution in [0.25, 0.3) is 0 Å². The molecule has 0 saturated heterocycles. The number of carbonyl (C=O) groups is 1. The Balaban J connectivity index is 3.72. The number of terminal acetylenes is 1. The van der Waals surface area contributed by atoms with Gasteiger partial charge in [-0.2, -0.15) is 0 Å². The summed E-state index contributed by atoms with van der Waals surface area (Å²) in [6, 6.07) is 0. The van der Waals surface area contributed by atoms with Gasteiger partial charge in [-0.25, -0.2) is 0 Å². The van der Waals surface area contributed by atoms with Crippen LogP contribution in [0.1, 0.15) is 25.7 Å². The minimum absolute atomic E-state index is 0.206. The van der Waals surface area contributed by atoms with Gasteiger partial charge in [0.2, 0.25) is 5.91 Å². The molecule has 0 bridgehead atoms. The molecule has 1 amide bonds. The highest BCUT2D eigenvalue weighted by Crippen LogP contribution is 2.08. The molecule has 0 heterocycles. The Kier molecular flexibility index (Phi) is 4.34. The molecule has 0 aromatic heterocycles. The maximum absolute atomic E-state index is 10.4. The van der Waals surface area contributed by atoms with Gasteiger partial charge in [0.1, 0.15) is 0 Å². The molecule has 0 radical (unpaired) electrons. The molecule has 0 fully saturated rings. The van der Waals surface area contributed by atoms with Crippen molar-refractivity contribution < 1.29 is 4.79 Å². The maximum atomic E-state index is 10.4. The first-order valence-electron chi connectivity index (χ1n) is 3.77. The smallest absolute Gasteiger partial charge is 0.217 e. The predicted molar refractivity (Wildman–Crippen MR) is 47.6 cm³/mol. The Morgan fingerprint density at radius 1 is 1.42 bits per heavy atom. The largest absolute Gasteiger partial charge is 0.370 e. The Morgan fingerprint density at radius 3 is 2.42 bits per heavy atom. The molecule has 0 aromatic rings. The number of primary amides is 1. The fourth-order valence-electron chi connectivity index (χ4n) is 0.786. The highest BCUT2D eigenvalue weighted by molar-refractivity contribution is 5.73. The molecule has 0 aliphatic rings. The minimum atomic E-state index is -0.860. The Bertz CT molecular complexity index is 193. The van der Waals surface area contributed by atoms with E-state index in [0.29, 0.717) is 19.3 Å². The summed E-state index contributed by atoms with van der Waals surface area (Å²) in [6.07, 6.45) is 6.65. The van der Waals surface area contributed by atoms with Crippen LogP contribution in [0.2, 0.25) is 0 Å². The third-order valence-electron chi connectivity index (χ3n) is 1.57. The van der Waals surface area contributed by atoms with E-state index in [1.54, 1.807) is 0 Å². The Morgan fingerprint density at radius 2 is 2.00 bits per heavy atom. The predicted octanol–water partition coefficient (Wildman–Crippen LogP) is -0.721. The fourth-order valence-corrected chi connectivity index (χ4v) is 0.786. The highest BCUT2D eigenvalue weighted by Gasteiger charge is 2.18. The zero-order valence-corrected chi connectivity index (χ0v) is 7.05. The SMILES string of the molecule is C#CCCC(N)(N)CCC(N)=O. The van der Waals surface area contributed by atoms with Crippen molar-refractivity contribution in [1.82, 2.24) is 0 Å². The topological polar surface area (TPSA) is 95.1 Å². The molecule has 0 atom stereocenters. The average molecular weight is 169 g/mol. The molecule has 0 aliphatic carbocycles. The van der Waals surface area contributed by atoms with E-state index in [9.17, 15) is 4.79 Å². The van der Waals surface area contributed by atoms with Gasteiger partial charge in [-0.05, 0) is 12.8 Å². The van der Waals surface area contributed by atoms with Crippen molar-refractivity contribution in [2.24, 2.45) is 17.2 Å². The molecular formula is C8H15N3O. The Hall–Kier alpha value is -1.05. The summed E-state index contributed by atoms with van der Waals surface area (Å²) in [6.45, 7) is 0. The number of carbonyl (C=O) groups excluding carboxylic acids is 1. The first kappa shape index (κ1) is 11.0. The number of rotatable bonds is 5. The van der Waals surface area contributed by atoms with Crippen molar-refractivity contribution in [2.45, 2.75) is 31.3 Å². The molecule has 0 rings (SSSR count). The summed E-state index contributed by atoms with van der Waals surface area (Å²) >= 11 is 0. The highest BCUT2D eigenvalue weighted by atomic mass is 16.1. The van der Waals surface area contributed by atoms with Crippen LogP contribution in [-0.2, 0) is 4.79 Å². The van der Waals surface area contributed by atoms with Crippen LogP contribution in [0, 0.1) is 12.3 Å². The molecule has 68 valence electrons. The van der Waals surface area contributed by atoms with E-state index in [1.165, 1.54) is 0 Å². The fraction of sp³-hybridized carbons (Fsp3) is 0.625. The van der Waals surface area contributed by atoms with Gasteiger partial charge in [-0.15, -0.1) is 12.3 Å². The standard InChI is InChI=1S/C8H15N3O/c1-2-3-5-8(10,11)6-4-7(9)12/h1H,3-6,10-11H2,(H2,9,12).